The van der Waals surface area contributed by atoms with Gasteiger partial charge in [0.15, 0.2) is 0 Å². The van der Waals surface area contributed by atoms with E-state index in [0.717, 1.165) is 12.0 Å². The number of nitrogens with one attached hydrogen (secondary N) is 1. The van der Waals surface area contributed by atoms with Crippen LogP contribution >= 0.6 is 0 Å². The van der Waals surface area contributed by atoms with E-state index in [4.69, 9.17) is 0 Å². The SMILES string of the molecule is CCC(C)(CNC1CC1)CN(C)CC1CC1. The summed E-state index contributed by atoms with van der Waals surface area (Å²) in [6.07, 6.45) is 7.01. The highest BCUT2D eigenvalue weighted by Crippen LogP contribution is 2.31. The Morgan fingerprint density at radius 3 is 2.44 bits per heavy atom. The van der Waals surface area contributed by atoms with Crippen molar-refractivity contribution in [2.45, 2.75) is 52.0 Å². The van der Waals surface area contributed by atoms with Gasteiger partial charge in [-0.2, -0.15) is 0 Å². The topological polar surface area (TPSA) is 15.3 Å². The molecule has 0 aliphatic heterocycles. The van der Waals surface area contributed by atoms with Crippen LogP contribution in [0.3, 0.4) is 0 Å². The molecule has 1 unspecified atom stereocenters. The van der Waals surface area contributed by atoms with Gasteiger partial charge in [0.25, 0.3) is 0 Å². The zero-order valence-corrected chi connectivity index (χ0v) is 11.3. The molecular weight excluding hydrogens is 196 g/mol. The first-order chi connectivity index (χ1) is 7.61. The summed E-state index contributed by atoms with van der Waals surface area (Å²) in [5, 5.41) is 3.70. The lowest BCUT2D eigenvalue weighted by Crippen LogP contribution is -2.41. The fourth-order valence-electron chi connectivity index (χ4n) is 2.43. The highest BCUT2D eigenvalue weighted by Gasteiger charge is 2.30. The monoisotopic (exact) mass is 224 g/mol. The average Bonchev–Trinajstić information content (AvgIpc) is 3.09. The lowest BCUT2D eigenvalue weighted by Gasteiger charge is -2.33. The van der Waals surface area contributed by atoms with E-state index >= 15 is 0 Å². The van der Waals surface area contributed by atoms with E-state index in [2.05, 4.69) is 31.1 Å². The first-order valence-electron chi connectivity index (χ1n) is 7.03. The van der Waals surface area contributed by atoms with Gasteiger partial charge in [-0.25, -0.2) is 0 Å². The minimum Gasteiger partial charge on any atom is -0.313 e. The van der Waals surface area contributed by atoms with Crippen LogP contribution in [-0.4, -0.2) is 37.6 Å². The molecule has 0 aromatic rings. The molecule has 16 heavy (non-hydrogen) atoms. The molecule has 1 N–H and O–H groups in total. The number of hydrogen-bond donors (Lipinski definition) is 1. The molecule has 2 aliphatic carbocycles. The van der Waals surface area contributed by atoms with E-state index in [-0.39, 0.29) is 0 Å². The molecular formula is C14H28N2. The van der Waals surface area contributed by atoms with Gasteiger partial charge in [0.05, 0.1) is 0 Å². The molecule has 2 heteroatoms. The molecule has 2 saturated carbocycles. The van der Waals surface area contributed by atoms with Crippen LogP contribution in [0.1, 0.15) is 46.0 Å². The van der Waals surface area contributed by atoms with Crippen molar-refractivity contribution in [2.75, 3.05) is 26.7 Å². The second-order valence-corrected chi connectivity index (χ2v) is 6.46. The molecule has 0 aromatic heterocycles. The maximum atomic E-state index is 3.70. The van der Waals surface area contributed by atoms with Crippen LogP contribution in [0.15, 0.2) is 0 Å². The van der Waals surface area contributed by atoms with Gasteiger partial charge in [0, 0.05) is 25.7 Å². The number of rotatable bonds is 8. The Balaban J connectivity index is 1.71. The summed E-state index contributed by atoms with van der Waals surface area (Å²) < 4.78 is 0. The van der Waals surface area contributed by atoms with Crippen molar-refractivity contribution in [3.05, 3.63) is 0 Å². The molecule has 0 spiro atoms. The summed E-state index contributed by atoms with van der Waals surface area (Å²) >= 11 is 0. The molecule has 0 radical (unpaired) electrons. The Kier molecular flexibility index (Phi) is 3.91. The molecule has 94 valence electrons. The number of hydrogen-bond acceptors (Lipinski definition) is 2. The normalized spacial score (nSPS) is 24.8. The zero-order chi connectivity index (χ0) is 11.6. The maximum Gasteiger partial charge on any atom is 0.00684 e. The van der Waals surface area contributed by atoms with Crippen LogP contribution in [0.4, 0.5) is 0 Å². The van der Waals surface area contributed by atoms with Crippen LogP contribution in [-0.2, 0) is 0 Å². The van der Waals surface area contributed by atoms with Crippen molar-refractivity contribution in [1.82, 2.24) is 10.2 Å². The Morgan fingerprint density at radius 1 is 1.25 bits per heavy atom. The van der Waals surface area contributed by atoms with Crippen LogP contribution in [0.5, 0.6) is 0 Å². The van der Waals surface area contributed by atoms with E-state index < -0.39 is 0 Å². The fourth-order valence-corrected chi connectivity index (χ4v) is 2.43. The van der Waals surface area contributed by atoms with Gasteiger partial charge in [-0.1, -0.05) is 13.8 Å². The predicted molar refractivity (Wildman–Crippen MR) is 69.6 cm³/mol. The quantitative estimate of drug-likeness (QED) is 0.681. The van der Waals surface area contributed by atoms with E-state index in [0.29, 0.717) is 5.41 Å². The first-order valence-corrected chi connectivity index (χ1v) is 7.03. The Hall–Kier alpha value is -0.0800. The van der Waals surface area contributed by atoms with Crippen molar-refractivity contribution in [3.8, 4) is 0 Å². The molecule has 0 bridgehead atoms. The molecule has 1 atom stereocenters. The lowest BCUT2D eigenvalue weighted by molar-refractivity contribution is 0.175. The summed E-state index contributed by atoms with van der Waals surface area (Å²) in [6.45, 7) is 8.53. The predicted octanol–water partition coefficient (Wildman–Crippen LogP) is 2.50. The lowest BCUT2D eigenvalue weighted by atomic mass is 9.86. The summed E-state index contributed by atoms with van der Waals surface area (Å²) in [4.78, 5) is 2.55. The summed E-state index contributed by atoms with van der Waals surface area (Å²) in [5.41, 5.74) is 0.465. The highest BCUT2D eigenvalue weighted by atomic mass is 15.1. The third-order valence-corrected chi connectivity index (χ3v) is 4.17. The minimum atomic E-state index is 0.465. The molecule has 2 fully saturated rings. The second-order valence-electron chi connectivity index (χ2n) is 6.46. The van der Waals surface area contributed by atoms with Crippen molar-refractivity contribution in [2.24, 2.45) is 11.3 Å². The van der Waals surface area contributed by atoms with Crippen molar-refractivity contribution >= 4 is 0 Å². The zero-order valence-electron chi connectivity index (χ0n) is 11.3. The highest BCUT2D eigenvalue weighted by molar-refractivity contribution is 4.87. The Bertz CT molecular complexity index is 221. The van der Waals surface area contributed by atoms with E-state index in [1.807, 2.05) is 0 Å². The third-order valence-electron chi connectivity index (χ3n) is 4.17. The minimum absolute atomic E-state index is 0.465. The molecule has 2 rings (SSSR count). The fraction of sp³-hybridized carbons (Fsp3) is 1.00. The van der Waals surface area contributed by atoms with Crippen LogP contribution in [0.2, 0.25) is 0 Å². The van der Waals surface area contributed by atoms with Crippen LogP contribution < -0.4 is 5.32 Å². The smallest absolute Gasteiger partial charge is 0.00684 e. The molecule has 2 aliphatic rings. The third kappa shape index (κ3) is 4.06. The van der Waals surface area contributed by atoms with Gasteiger partial charge in [0.2, 0.25) is 0 Å². The standard InChI is InChI=1S/C14H28N2/c1-4-14(2,10-15-13-7-8-13)11-16(3)9-12-5-6-12/h12-13,15H,4-11H2,1-3H3. The molecule has 2 nitrogen and oxygen atoms in total. The van der Waals surface area contributed by atoms with Crippen molar-refractivity contribution in [3.63, 3.8) is 0 Å². The van der Waals surface area contributed by atoms with Gasteiger partial charge >= 0.3 is 0 Å². The largest absolute Gasteiger partial charge is 0.313 e. The van der Waals surface area contributed by atoms with E-state index in [1.165, 1.54) is 51.7 Å². The summed E-state index contributed by atoms with van der Waals surface area (Å²) in [7, 11) is 2.29. The summed E-state index contributed by atoms with van der Waals surface area (Å²) in [5.74, 6) is 1.02. The molecule has 0 aromatic carbocycles. The van der Waals surface area contributed by atoms with Crippen LogP contribution in [0, 0.1) is 11.3 Å². The Morgan fingerprint density at radius 2 is 1.94 bits per heavy atom. The van der Waals surface area contributed by atoms with Gasteiger partial charge < -0.3 is 10.2 Å². The van der Waals surface area contributed by atoms with Crippen molar-refractivity contribution < 1.29 is 0 Å². The van der Waals surface area contributed by atoms with E-state index in [9.17, 15) is 0 Å². The number of nitrogens with zero attached hydrogens (tertiary/aromatic N) is 1. The van der Waals surface area contributed by atoms with Crippen LogP contribution in [0.25, 0.3) is 0 Å². The van der Waals surface area contributed by atoms with Gasteiger partial charge in [-0.3, -0.25) is 0 Å². The van der Waals surface area contributed by atoms with Crippen molar-refractivity contribution in [1.29, 1.82) is 0 Å². The average molecular weight is 224 g/mol. The second kappa shape index (κ2) is 5.05. The van der Waals surface area contributed by atoms with Gasteiger partial charge in [-0.05, 0) is 50.5 Å². The first kappa shape index (κ1) is 12.4. The molecule has 0 saturated heterocycles. The molecule has 0 heterocycles. The van der Waals surface area contributed by atoms with Gasteiger partial charge in [-0.15, -0.1) is 0 Å². The van der Waals surface area contributed by atoms with E-state index in [1.54, 1.807) is 0 Å². The maximum absolute atomic E-state index is 3.70. The van der Waals surface area contributed by atoms with Gasteiger partial charge in [0.1, 0.15) is 0 Å². The molecule has 0 amide bonds. The Labute approximate surface area is 101 Å². The summed E-state index contributed by atoms with van der Waals surface area (Å²) in [6, 6.07) is 0.847.